The quantitative estimate of drug-likeness (QED) is 0.263. The van der Waals surface area contributed by atoms with Gasteiger partial charge in [0.05, 0.1) is 19.3 Å². The lowest BCUT2D eigenvalue weighted by Crippen LogP contribution is -2.23. The Kier molecular flexibility index (Phi) is 9.21. The monoisotopic (exact) mass is 474 g/mol. The van der Waals surface area contributed by atoms with Crippen LogP contribution >= 0.6 is 0 Å². The van der Waals surface area contributed by atoms with Crippen LogP contribution in [-0.2, 0) is 19.1 Å². The normalized spacial score (nSPS) is 20.6. The number of rotatable bonds is 12. The van der Waals surface area contributed by atoms with Crippen molar-refractivity contribution >= 4 is 17.3 Å². The van der Waals surface area contributed by atoms with E-state index in [0.29, 0.717) is 42.1 Å². The summed E-state index contributed by atoms with van der Waals surface area (Å²) in [6.07, 6.45) is 7.93. The second-order valence-electron chi connectivity index (χ2n) is 8.52. The van der Waals surface area contributed by atoms with Gasteiger partial charge in [-0.25, -0.2) is 9.18 Å². The SMILES string of the molecule is CCCON=C(COC1C=C(OCC(C)C)C=C(C(=O)O)C1)c1cc(C2=CCC(F)C=C2)no1. The molecule has 1 aromatic rings. The van der Waals surface area contributed by atoms with Gasteiger partial charge in [0, 0.05) is 24.5 Å². The Hall–Kier alpha value is -3.20. The number of hydrogen-bond acceptors (Lipinski definition) is 7. The number of ether oxygens (including phenoxy) is 2. The summed E-state index contributed by atoms with van der Waals surface area (Å²) in [6.45, 7) is 6.87. The Balaban J connectivity index is 1.73. The molecule has 0 radical (unpaired) electrons. The lowest BCUT2D eigenvalue weighted by molar-refractivity contribution is -0.133. The summed E-state index contributed by atoms with van der Waals surface area (Å²) in [6, 6.07) is 1.70. The summed E-state index contributed by atoms with van der Waals surface area (Å²) >= 11 is 0. The zero-order chi connectivity index (χ0) is 24.5. The molecule has 0 bridgehead atoms. The predicted octanol–water partition coefficient (Wildman–Crippen LogP) is 4.84. The number of carboxylic acids is 1. The molecule has 0 saturated carbocycles. The fourth-order valence-electron chi connectivity index (χ4n) is 3.22. The van der Waals surface area contributed by atoms with Crippen LogP contribution < -0.4 is 0 Å². The van der Waals surface area contributed by atoms with Gasteiger partial charge in [-0.05, 0) is 36.1 Å². The highest BCUT2D eigenvalue weighted by Crippen LogP contribution is 2.24. The fourth-order valence-corrected chi connectivity index (χ4v) is 3.22. The molecule has 2 unspecified atom stereocenters. The van der Waals surface area contributed by atoms with Crippen molar-refractivity contribution in [3.05, 3.63) is 59.2 Å². The van der Waals surface area contributed by atoms with E-state index in [1.54, 1.807) is 24.3 Å². The first-order valence-electron chi connectivity index (χ1n) is 11.4. The number of carbonyl (C=O) groups is 1. The van der Waals surface area contributed by atoms with Gasteiger partial charge in [0.1, 0.15) is 24.2 Å². The van der Waals surface area contributed by atoms with Crippen molar-refractivity contribution in [3.63, 3.8) is 0 Å². The van der Waals surface area contributed by atoms with Gasteiger partial charge in [0.2, 0.25) is 0 Å². The van der Waals surface area contributed by atoms with Crippen molar-refractivity contribution in [2.45, 2.75) is 52.3 Å². The number of carboxylic acid groups (broad SMARTS) is 1. The topological polar surface area (TPSA) is 103 Å². The molecule has 184 valence electrons. The molecular weight excluding hydrogens is 443 g/mol. The first-order chi connectivity index (χ1) is 16.4. The van der Waals surface area contributed by atoms with E-state index in [0.717, 1.165) is 12.0 Å². The van der Waals surface area contributed by atoms with Crippen molar-refractivity contribution in [3.8, 4) is 0 Å². The maximum atomic E-state index is 13.4. The van der Waals surface area contributed by atoms with Crippen LogP contribution in [-0.4, -0.2) is 54.0 Å². The van der Waals surface area contributed by atoms with Crippen molar-refractivity contribution in [2.24, 2.45) is 11.1 Å². The predicted molar refractivity (Wildman–Crippen MR) is 125 cm³/mol. The van der Waals surface area contributed by atoms with Gasteiger partial charge in [0.15, 0.2) is 11.5 Å². The van der Waals surface area contributed by atoms with E-state index < -0.39 is 18.2 Å². The minimum absolute atomic E-state index is 0.00527. The van der Waals surface area contributed by atoms with E-state index in [-0.39, 0.29) is 25.0 Å². The lowest BCUT2D eigenvalue weighted by Gasteiger charge is -2.21. The van der Waals surface area contributed by atoms with Gasteiger partial charge in [-0.3, -0.25) is 0 Å². The van der Waals surface area contributed by atoms with Crippen LogP contribution in [0.3, 0.4) is 0 Å². The summed E-state index contributed by atoms with van der Waals surface area (Å²) in [7, 11) is 0. The second kappa shape index (κ2) is 12.3. The van der Waals surface area contributed by atoms with E-state index in [1.165, 1.54) is 12.2 Å². The van der Waals surface area contributed by atoms with Gasteiger partial charge >= 0.3 is 5.97 Å². The minimum Gasteiger partial charge on any atom is -0.494 e. The lowest BCUT2D eigenvalue weighted by atomic mass is 10.0. The van der Waals surface area contributed by atoms with Crippen LogP contribution in [0.25, 0.3) is 5.57 Å². The third-order valence-corrected chi connectivity index (χ3v) is 4.99. The zero-order valence-corrected chi connectivity index (χ0v) is 19.7. The molecule has 9 heteroatoms. The molecule has 2 aliphatic rings. The Morgan fingerprint density at radius 2 is 2.24 bits per heavy atom. The smallest absolute Gasteiger partial charge is 0.331 e. The number of aliphatic carboxylic acids is 1. The molecule has 0 saturated heterocycles. The van der Waals surface area contributed by atoms with Crippen LogP contribution in [0.15, 0.2) is 57.5 Å². The van der Waals surface area contributed by atoms with E-state index in [1.807, 2.05) is 20.8 Å². The molecule has 1 N–H and O–H groups in total. The minimum atomic E-state index is -1.02. The number of alkyl halides is 1. The van der Waals surface area contributed by atoms with Crippen LogP contribution in [0.4, 0.5) is 4.39 Å². The number of aromatic nitrogens is 1. The third kappa shape index (κ3) is 7.41. The standard InChI is InChI=1S/C25H31FN2O6/c1-4-9-33-27-23(24-13-22(28-34-24)17-5-7-19(26)8-6-17)15-32-21-11-18(25(29)30)10-20(12-21)31-14-16(2)3/h5-7,10,12-13,16,19,21H,4,8-9,11,14-15H2,1-3H3,(H,29,30). The average molecular weight is 475 g/mol. The number of allylic oxidation sites excluding steroid dienone is 5. The highest BCUT2D eigenvalue weighted by Gasteiger charge is 2.23. The second-order valence-corrected chi connectivity index (χ2v) is 8.52. The number of oxime groups is 1. The summed E-state index contributed by atoms with van der Waals surface area (Å²) in [5, 5.41) is 17.7. The molecule has 3 rings (SSSR count). The van der Waals surface area contributed by atoms with E-state index >= 15 is 0 Å². The number of nitrogens with zero attached hydrogens (tertiary/aromatic N) is 2. The van der Waals surface area contributed by atoms with Gasteiger partial charge < -0.3 is 23.9 Å². The number of hydrogen-bond donors (Lipinski definition) is 1. The molecule has 1 heterocycles. The molecule has 8 nitrogen and oxygen atoms in total. The zero-order valence-electron chi connectivity index (χ0n) is 19.7. The van der Waals surface area contributed by atoms with Crippen molar-refractivity contribution in [2.75, 3.05) is 19.8 Å². The highest BCUT2D eigenvalue weighted by atomic mass is 19.1. The van der Waals surface area contributed by atoms with Gasteiger partial charge in [-0.15, -0.1) is 0 Å². The van der Waals surface area contributed by atoms with E-state index in [2.05, 4.69) is 10.3 Å². The van der Waals surface area contributed by atoms with E-state index in [9.17, 15) is 14.3 Å². The Labute approximate surface area is 198 Å². The molecule has 1 aromatic heterocycles. The molecule has 34 heavy (non-hydrogen) atoms. The van der Waals surface area contributed by atoms with Gasteiger partial charge in [0.25, 0.3) is 0 Å². The van der Waals surface area contributed by atoms with Crippen molar-refractivity contribution < 1.29 is 33.1 Å². The largest absolute Gasteiger partial charge is 0.494 e. The van der Waals surface area contributed by atoms with Crippen molar-refractivity contribution in [1.29, 1.82) is 0 Å². The summed E-state index contributed by atoms with van der Waals surface area (Å²) in [4.78, 5) is 16.9. The molecular formula is C25H31FN2O6. The highest BCUT2D eigenvalue weighted by molar-refractivity contribution is 5.99. The maximum Gasteiger partial charge on any atom is 0.331 e. The van der Waals surface area contributed by atoms with Crippen LogP contribution in [0.1, 0.15) is 51.5 Å². The Morgan fingerprint density at radius 3 is 2.91 bits per heavy atom. The van der Waals surface area contributed by atoms with Gasteiger partial charge in [-0.1, -0.05) is 43.2 Å². The first-order valence-corrected chi connectivity index (χ1v) is 11.4. The van der Waals surface area contributed by atoms with Crippen LogP contribution in [0.2, 0.25) is 0 Å². The van der Waals surface area contributed by atoms with Crippen LogP contribution in [0, 0.1) is 5.92 Å². The van der Waals surface area contributed by atoms with Crippen LogP contribution in [0.5, 0.6) is 0 Å². The number of halogens is 1. The third-order valence-electron chi connectivity index (χ3n) is 4.99. The average Bonchev–Trinajstić information content (AvgIpc) is 3.30. The Morgan fingerprint density at radius 1 is 1.41 bits per heavy atom. The Bertz CT molecular complexity index is 1000. The molecule has 0 amide bonds. The summed E-state index contributed by atoms with van der Waals surface area (Å²) in [5.41, 5.74) is 1.90. The molecule has 2 aliphatic carbocycles. The van der Waals surface area contributed by atoms with Crippen molar-refractivity contribution in [1.82, 2.24) is 5.16 Å². The molecule has 0 aromatic carbocycles. The molecule has 0 fully saturated rings. The summed E-state index contributed by atoms with van der Waals surface area (Å²) < 4.78 is 30.5. The molecule has 0 aliphatic heterocycles. The van der Waals surface area contributed by atoms with Gasteiger partial charge in [-0.2, -0.15) is 0 Å². The molecule has 2 atom stereocenters. The van der Waals surface area contributed by atoms with E-state index in [4.69, 9.17) is 18.8 Å². The maximum absolute atomic E-state index is 13.4. The fraction of sp³-hybridized carbons (Fsp3) is 0.480. The molecule has 0 spiro atoms. The summed E-state index contributed by atoms with van der Waals surface area (Å²) in [5.74, 6) is 0.0978. The first kappa shape index (κ1) is 25.4.